The van der Waals surface area contributed by atoms with E-state index in [9.17, 15) is 19.3 Å². The summed E-state index contributed by atoms with van der Waals surface area (Å²) in [6.07, 6.45) is 0. The van der Waals surface area contributed by atoms with Crippen LogP contribution in [-0.2, 0) is 0 Å². The molecule has 9 heteroatoms. The number of rotatable bonds is 6. The van der Waals surface area contributed by atoms with Crippen LogP contribution in [0.3, 0.4) is 0 Å². The largest absolute Gasteiger partial charge is 0.367 e. The second kappa shape index (κ2) is 8.99. The van der Waals surface area contributed by atoms with Crippen LogP contribution in [0.25, 0.3) is 0 Å². The number of nitrogens with zero attached hydrogens (tertiary/aromatic N) is 3. The summed E-state index contributed by atoms with van der Waals surface area (Å²) in [5.74, 6) is -0.606. The third-order valence-corrected chi connectivity index (χ3v) is 5.00. The Hall–Kier alpha value is -2.71. The van der Waals surface area contributed by atoms with Gasteiger partial charge < -0.3 is 10.2 Å². The first-order valence-electron chi connectivity index (χ1n) is 8.89. The van der Waals surface area contributed by atoms with Crippen molar-refractivity contribution in [1.29, 1.82) is 0 Å². The van der Waals surface area contributed by atoms with Gasteiger partial charge >= 0.3 is 0 Å². The second-order valence-electron chi connectivity index (χ2n) is 6.46. The minimum atomic E-state index is -0.617. The number of piperazine rings is 1. The standard InChI is InChI=1S/C19H20ClFN4O3/c20-15-6-5-14(13-18(15)25(27)28)19(26)22-7-8-23-9-11-24(12-10-23)17-4-2-1-3-16(17)21/h1-6,13H,7-12H2,(H,22,26). The van der Waals surface area contributed by atoms with Crippen LogP contribution in [0.1, 0.15) is 10.4 Å². The molecule has 1 N–H and O–H groups in total. The highest BCUT2D eigenvalue weighted by molar-refractivity contribution is 6.32. The molecule has 28 heavy (non-hydrogen) atoms. The molecule has 0 aromatic heterocycles. The van der Waals surface area contributed by atoms with Crippen LogP contribution in [-0.4, -0.2) is 55.0 Å². The molecule has 0 radical (unpaired) electrons. The van der Waals surface area contributed by atoms with E-state index in [-0.39, 0.29) is 28.0 Å². The summed E-state index contributed by atoms with van der Waals surface area (Å²) in [7, 11) is 0. The van der Waals surface area contributed by atoms with Gasteiger partial charge in [0.25, 0.3) is 11.6 Å². The fourth-order valence-corrected chi connectivity index (χ4v) is 3.33. The van der Waals surface area contributed by atoms with E-state index in [2.05, 4.69) is 10.2 Å². The van der Waals surface area contributed by atoms with Crippen molar-refractivity contribution in [2.45, 2.75) is 0 Å². The van der Waals surface area contributed by atoms with Crippen molar-refractivity contribution in [3.8, 4) is 0 Å². The molecule has 1 heterocycles. The summed E-state index contributed by atoms with van der Waals surface area (Å²) >= 11 is 5.76. The van der Waals surface area contributed by atoms with E-state index in [4.69, 9.17) is 11.6 Å². The molecule has 7 nitrogen and oxygen atoms in total. The van der Waals surface area contributed by atoms with E-state index < -0.39 is 4.92 Å². The number of carbonyl (C=O) groups excluding carboxylic acids is 1. The van der Waals surface area contributed by atoms with Crippen LogP contribution in [0.4, 0.5) is 15.8 Å². The van der Waals surface area contributed by atoms with Gasteiger partial charge in [0.15, 0.2) is 0 Å². The van der Waals surface area contributed by atoms with Gasteiger partial charge in [-0.05, 0) is 24.3 Å². The molecule has 0 spiro atoms. The molecular weight excluding hydrogens is 387 g/mol. The molecule has 0 atom stereocenters. The first-order chi connectivity index (χ1) is 13.5. The number of carbonyl (C=O) groups is 1. The number of anilines is 1. The second-order valence-corrected chi connectivity index (χ2v) is 6.87. The van der Waals surface area contributed by atoms with Gasteiger partial charge in [0, 0.05) is 50.9 Å². The minimum absolute atomic E-state index is 0.00530. The first kappa shape index (κ1) is 20.0. The molecule has 1 saturated heterocycles. The number of benzene rings is 2. The van der Waals surface area contributed by atoms with Crippen LogP contribution in [0.15, 0.2) is 42.5 Å². The zero-order valence-corrected chi connectivity index (χ0v) is 15.9. The predicted octanol–water partition coefficient (Wildman–Crippen LogP) is 2.94. The first-order valence-corrected chi connectivity index (χ1v) is 9.27. The zero-order chi connectivity index (χ0) is 20.1. The Kier molecular flexibility index (Phi) is 6.43. The lowest BCUT2D eigenvalue weighted by molar-refractivity contribution is -0.384. The molecule has 1 aliphatic rings. The Labute approximate surface area is 166 Å². The number of nitro groups is 1. The normalized spacial score (nSPS) is 14.7. The maximum absolute atomic E-state index is 13.9. The number of nitro benzene ring substituents is 1. The molecule has 3 rings (SSSR count). The summed E-state index contributed by atoms with van der Waals surface area (Å²) in [6, 6.07) is 10.7. The molecule has 0 aliphatic carbocycles. The van der Waals surface area contributed by atoms with Crippen molar-refractivity contribution in [2.24, 2.45) is 0 Å². The van der Waals surface area contributed by atoms with Crippen molar-refractivity contribution in [3.63, 3.8) is 0 Å². The van der Waals surface area contributed by atoms with E-state index in [0.29, 0.717) is 31.9 Å². The molecule has 0 unspecified atom stereocenters. The maximum atomic E-state index is 13.9. The number of nitrogens with one attached hydrogen (secondary N) is 1. The van der Waals surface area contributed by atoms with Crippen molar-refractivity contribution in [3.05, 3.63) is 69.0 Å². The van der Waals surface area contributed by atoms with Crippen LogP contribution < -0.4 is 10.2 Å². The lowest BCUT2D eigenvalue weighted by Crippen LogP contribution is -2.48. The number of amides is 1. The number of halogens is 2. The van der Waals surface area contributed by atoms with E-state index in [1.165, 1.54) is 24.3 Å². The fourth-order valence-electron chi connectivity index (χ4n) is 3.14. The Bertz CT molecular complexity index is 872. The highest BCUT2D eigenvalue weighted by Crippen LogP contribution is 2.25. The Morgan fingerprint density at radius 1 is 1.18 bits per heavy atom. The van der Waals surface area contributed by atoms with Gasteiger partial charge in [0.2, 0.25) is 0 Å². The third-order valence-electron chi connectivity index (χ3n) is 4.68. The van der Waals surface area contributed by atoms with E-state index in [1.54, 1.807) is 12.1 Å². The van der Waals surface area contributed by atoms with Crippen molar-refractivity contribution in [1.82, 2.24) is 10.2 Å². The molecule has 1 fully saturated rings. The van der Waals surface area contributed by atoms with Crippen LogP contribution in [0.5, 0.6) is 0 Å². The smallest absolute Gasteiger partial charge is 0.288 e. The van der Waals surface area contributed by atoms with Gasteiger partial charge in [0.05, 0.1) is 10.6 Å². The lowest BCUT2D eigenvalue weighted by atomic mass is 10.2. The van der Waals surface area contributed by atoms with Crippen molar-refractivity contribution in [2.75, 3.05) is 44.2 Å². The van der Waals surface area contributed by atoms with E-state index >= 15 is 0 Å². The average molecular weight is 407 g/mol. The summed E-state index contributed by atoms with van der Waals surface area (Å²) in [5.41, 5.74) is 0.513. The molecule has 148 valence electrons. The quantitative estimate of drug-likeness (QED) is 0.589. The van der Waals surface area contributed by atoms with Gasteiger partial charge in [-0.1, -0.05) is 23.7 Å². The lowest BCUT2D eigenvalue weighted by Gasteiger charge is -2.36. The van der Waals surface area contributed by atoms with Gasteiger partial charge in [0.1, 0.15) is 10.8 Å². The Balaban J connectivity index is 1.46. The number of para-hydroxylation sites is 1. The summed E-state index contributed by atoms with van der Waals surface area (Å²) < 4.78 is 13.9. The van der Waals surface area contributed by atoms with Gasteiger partial charge in [-0.25, -0.2) is 4.39 Å². The van der Waals surface area contributed by atoms with Gasteiger partial charge in [-0.15, -0.1) is 0 Å². The fraction of sp³-hybridized carbons (Fsp3) is 0.316. The maximum Gasteiger partial charge on any atom is 0.288 e. The number of hydrogen-bond donors (Lipinski definition) is 1. The molecule has 0 bridgehead atoms. The van der Waals surface area contributed by atoms with Crippen LogP contribution >= 0.6 is 11.6 Å². The monoisotopic (exact) mass is 406 g/mol. The molecule has 2 aromatic carbocycles. The zero-order valence-electron chi connectivity index (χ0n) is 15.1. The Morgan fingerprint density at radius 2 is 1.89 bits per heavy atom. The number of hydrogen-bond acceptors (Lipinski definition) is 5. The predicted molar refractivity (Wildman–Crippen MR) is 105 cm³/mol. The van der Waals surface area contributed by atoms with Crippen LogP contribution in [0, 0.1) is 15.9 Å². The Morgan fingerprint density at radius 3 is 2.57 bits per heavy atom. The molecule has 1 amide bonds. The highest BCUT2D eigenvalue weighted by atomic mass is 35.5. The van der Waals surface area contributed by atoms with Gasteiger partial charge in [-0.2, -0.15) is 0 Å². The van der Waals surface area contributed by atoms with Crippen molar-refractivity contribution >= 4 is 28.9 Å². The summed E-state index contributed by atoms with van der Waals surface area (Å²) in [5, 5.41) is 13.7. The van der Waals surface area contributed by atoms with Crippen molar-refractivity contribution < 1.29 is 14.1 Å². The molecule has 0 saturated carbocycles. The topological polar surface area (TPSA) is 78.7 Å². The molecular formula is C19H20ClFN4O3. The van der Waals surface area contributed by atoms with E-state index in [0.717, 1.165) is 13.1 Å². The summed E-state index contributed by atoms with van der Waals surface area (Å²) in [4.78, 5) is 26.7. The third kappa shape index (κ3) is 4.76. The van der Waals surface area contributed by atoms with Crippen LogP contribution in [0.2, 0.25) is 5.02 Å². The SMILES string of the molecule is O=C(NCCN1CCN(c2ccccc2F)CC1)c1ccc(Cl)c([N+](=O)[O-])c1. The highest BCUT2D eigenvalue weighted by Gasteiger charge is 2.20. The average Bonchev–Trinajstić information content (AvgIpc) is 2.69. The summed E-state index contributed by atoms with van der Waals surface area (Å²) in [6.45, 7) is 3.99. The molecule has 1 aliphatic heterocycles. The minimum Gasteiger partial charge on any atom is -0.367 e. The molecule has 2 aromatic rings. The van der Waals surface area contributed by atoms with E-state index in [1.807, 2.05) is 11.0 Å². The van der Waals surface area contributed by atoms with Gasteiger partial charge in [-0.3, -0.25) is 19.8 Å².